The SMILES string of the molecule is CCOc1cccc(C(=O)NC(=S)Nc2c(C)cc(C)cc2C)c1. The van der Waals surface area contributed by atoms with Crippen LogP contribution in [0.2, 0.25) is 0 Å². The average molecular weight is 342 g/mol. The number of carbonyl (C=O) groups is 1. The van der Waals surface area contributed by atoms with E-state index in [1.54, 1.807) is 18.2 Å². The van der Waals surface area contributed by atoms with Gasteiger partial charge in [-0.3, -0.25) is 10.1 Å². The Morgan fingerprint density at radius 1 is 1.12 bits per heavy atom. The van der Waals surface area contributed by atoms with Crippen LogP contribution in [0.15, 0.2) is 36.4 Å². The highest BCUT2D eigenvalue weighted by molar-refractivity contribution is 7.80. The van der Waals surface area contributed by atoms with E-state index in [4.69, 9.17) is 17.0 Å². The number of nitrogens with one attached hydrogen (secondary N) is 2. The summed E-state index contributed by atoms with van der Waals surface area (Å²) in [5.74, 6) is 0.394. The zero-order chi connectivity index (χ0) is 17.7. The molecule has 24 heavy (non-hydrogen) atoms. The normalized spacial score (nSPS) is 10.2. The third-order valence-electron chi connectivity index (χ3n) is 3.55. The molecule has 0 heterocycles. The van der Waals surface area contributed by atoms with Crippen molar-refractivity contribution >= 4 is 28.9 Å². The van der Waals surface area contributed by atoms with Gasteiger partial charge in [0.15, 0.2) is 5.11 Å². The van der Waals surface area contributed by atoms with Gasteiger partial charge < -0.3 is 10.1 Å². The van der Waals surface area contributed by atoms with Crippen LogP contribution in [0.5, 0.6) is 5.75 Å². The number of rotatable bonds is 4. The molecule has 0 aromatic heterocycles. The van der Waals surface area contributed by atoms with Gasteiger partial charge in [-0.2, -0.15) is 0 Å². The highest BCUT2D eigenvalue weighted by Gasteiger charge is 2.11. The van der Waals surface area contributed by atoms with Gasteiger partial charge in [0, 0.05) is 11.3 Å². The first-order valence-electron chi connectivity index (χ1n) is 7.83. The zero-order valence-corrected chi connectivity index (χ0v) is 15.2. The maximum atomic E-state index is 12.3. The summed E-state index contributed by atoms with van der Waals surface area (Å²) in [4.78, 5) is 12.3. The Morgan fingerprint density at radius 2 is 1.79 bits per heavy atom. The van der Waals surface area contributed by atoms with Crippen molar-refractivity contribution in [1.29, 1.82) is 0 Å². The largest absolute Gasteiger partial charge is 0.494 e. The van der Waals surface area contributed by atoms with E-state index in [9.17, 15) is 4.79 Å². The summed E-state index contributed by atoms with van der Waals surface area (Å²) in [5.41, 5.74) is 4.79. The van der Waals surface area contributed by atoms with Crippen LogP contribution >= 0.6 is 12.2 Å². The predicted molar refractivity (Wildman–Crippen MR) is 102 cm³/mol. The summed E-state index contributed by atoms with van der Waals surface area (Å²) in [6.45, 7) is 8.53. The summed E-state index contributed by atoms with van der Waals surface area (Å²) < 4.78 is 5.41. The first kappa shape index (κ1) is 17.9. The topological polar surface area (TPSA) is 50.4 Å². The van der Waals surface area contributed by atoms with Gasteiger partial charge in [0.05, 0.1) is 6.61 Å². The Hall–Kier alpha value is -2.40. The molecule has 0 spiro atoms. The second kappa shape index (κ2) is 7.93. The fourth-order valence-electron chi connectivity index (χ4n) is 2.59. The van der Waals surface area contributed by atoms with Crippen molar-refractivity contribution in [2.24, 2.45) is 0 Å². The Morgan fingerprint density at radius 3 is 2.42 bits per heavy atom. The first-order chi connectivity index (χ1) is 11.4. The average Bonchev–Trinajstić information content (AvgIpc) is 2.51. The van der Waals surface area contributed by atoms with Crippen LogP contribution < -0.4 is 15.4 Å². The van der Waals surface area contributed by atoms with E-state index >= 15 is 0 Å². The molecule has 1 amide bonds. The molecule has 0 unspecified atom stereocenters. The number of aryl methyl sites for hydroxylation is 3. The molecule has 0 bridgehead atoms. The van der Waals surface area contributed by atoms with Gasteiger partial charge in [-0.15, -0.1) is 0 Å². The van der Waals surface area contributed by atoms with Gasteiger partial charge in [0.1, 0.15) is 5.75 Å². The number of hydrogen-bond donors (Lipinski definition) is 2. The molecule has 126 valence electrons. The highest BCUT2D eigenvalue weighted by atomic mass is 32.1. The number of ether oxygens (including phenoxy) is 1. The van der Waals surface area contributed by atoms with Gasteiger partial charge in [0.2, 0.25) is 0 Å². The van der Waals surface area contributed by atoms with Gasteiger partial charge in [0.25, 0.3) is 5.91 Å². The Bertz CT molecular complexity index is 749. The molecular formula is C19H22N2O2S. The minimum atomic E-state index is -0.267. The first-order valence-corrected chi connectivity index (χ1v) is 8.24. The maximum absolute atomic E-state index is 12.3. The molecule has 0 aliphatic heterocycles. The predicted octanol–water partition coefficient (Wildman–Crippen LogP) is 4.14. The molecule has 0 aliphatic rings. The number of benzene rings is 2. The molecule has 0 aliphatic carbocycles. The van der Waals surface area contributed by atoms with Crippen LogP contribution in [0.25, 0.3) is 0 Å². The van der Waals surface area contributed by atoms with Gasteiger partial charge in [-0.05, 0) is 69.2 Å². The lowest BCUT2D eigenvalue weighted by Crippen LogP contribution is -2.34. The van der Waals surface area contributed by atoms with Crippen LogP contribution in [0.3, 0.4) is 0 Å². The minimum Gasteiger partial charge on any atom is -0.494 e. The summed E-state index contributed by atoms with van der Waals surface area (Å²) in [6, 6.07) is 11.2. The summed E-state index contributed by atoms with van der Waals surface area (Å²) in [5, 5.41) is 6.10. The van der Waals surface area contributed by atoms with Crippen molar-refractivity contribution in [2.45, 2.75) is 27.7 Å². The summed E-state index contributed by atoms with van der Waals surface area (Å²) >= 11 is 5.27. The van der Waals surface area contributed by atoms with E-state index in [1.165, 1.54) is 5.56 Å². The van der Waals surface area contributed by atoms with E-state index in [0.29, 0.717) is 17.9 Å². The molecule has 2 aromatic rings. The summed E-state index contributed by atoms with van der Waals surface area (Å²) in [6.07, 6.45) is 0. The molecular weight excluding hydrogens is 320 g/mol. The van der Waals surface area contributed by atoms with Crippen molar-refractivity contribution in [3.8, 4) is 5.75 Å². The maximum Gasteiger partial charge on any atom is 0.257 e. The van der Waals surface area contributed by atoms with Crippen molar-refractivity contribution in [3.63, 3.8) is 0 Å². The van der Waals surface area contributed by atoms with E-state index in [1.807, 2.05) is 26.8 Å². The molecule has 0 radical (unpaired) electrons. The molecule has 2 N–H and O–H groups in total. The van der Waals surface area contributed by atoms with Gasteiger partial charge in [-0.25, -0.2) is 0 Å². The standard InChI is InChI=1S/C19H22N2O2S/c1-5-23-16-8-6-7-15(11-16)18(22)21-19(24)20-17-13(3)9-12(2)10-14(17)4/h6-11H,5H2,1-4H3,(H2,20,21,22,24). The highest BCUT2D eigenvalue weighted by Crippen LogP contribution is 2.21. The van der Waals surface area contributed by atoms with E-state index in [-0.39, 0.29) is 11.0 Å². The lowest BCUT2D eigenvalue weighted by atomic mass is 10.1. The van der Waals surface area contributed by atoms with Crippen LogP contribution in [0.4, 0.5) is 5.69 Å². The Kier molecular flexibility index (Phi) is 5.93. The third kappa shape index (κ3) is 4.55. The second-order valence-electron chi connectivity index (χ2n) is 5.64. The van der Waals surface area contributed by atoms with Crippen molar-refractivity contribution in [1.82, 2.24) is 5.32 Å². The van der Waals surface area contributed by atoms with Crippen LogP contribution in [0, 0.1) is 20.8 Å². The van der Waals surface area contributed by atoms with E-state index < -0.39 is 0 Å². The van der Waals surface area contributed by atoms with Gasteiger partial charge in [-0.1, -0.05) is 23.8 Å². The van der Waals surface area contributed by atoms with Crippen molar-refractivity contribution in [2.75, 3.05) is 11.9 Å². The van der Waals surface area contributed by atoms with Crippen molar-refractivity contribution < 1.29 is 9.53 Å². The minimum absolute atomic E-state index is 0.267. The Balaban J connectivity index is 2.07. The van der Waals surface area contributed by atoms with Crippen LogP contribution in [-0.4, -0.2) is 17.6 Å². The number of thiocarbonyl (C=S) groups is 1. The Labute approximate surface area is 148 Å². The van der Waals surface area contributed by atoms with Crippen LogP contribution in [0.1, 0.15) is 34.0 Å². The molecule has 4 nitrogen and oxygen atoms in total. The quantitative estimate of drug-likeness (QED) is 0.820. The number of hydrogen-bond acceptors (Lipinski definition) is 3. The van der Waals surface area contributed by atoms with Crippen molar-refractivity contribution in [3.05, 3.63) is 58.7 Å². The van der Waals surface area contributed by atoms with Gasteiger partial charge >= 0.3 is 0 Å². The molecule has 2 aromatic carbocycles. The number of anilines is 1. The monoisotopic (exact) mass is 342 g/mol. The molecule has 2 rings (SSSR count). The molecule has 0 fully saturated rings. The smallest absolute Gasteiger partial charge is 0.257 e. The molecule has 5 heteroatoms. The second-order valence-corrected chi connectivity index (χ2v) is 6.05. The molecule has 0 atom stereocenters. The molecule has 0 saturated heterocycles. The fourth-order valence-corrected chi connectivity index (χ4v) is 2.79. The lowest BCUT2D eigenvalue weighted by molar-refractivity contribution is 0.0977. The fraction of sp³-hybridized carbons (Fsp3) is 0.263. The third-order valence-corrected chi connectivity index (χ3v) is 3.75. The molecule has 0 saturated carbocycles. The van der Waals surface area contributed by atoms with E-state index in [2.05, 4.69) is 29.7 Å². The van der Waals surface area contributed by atoms with E-state index in [0.717, 1.165) is 16.8 Å². The van der Waals surface area contributed by atoms with Crippen LogP contribution in [-0.2, 0) is 0 Å². The number of carbonyl (C=O) groups excluding carboxylic acids is 1. The zero-order valence-electron chi connectivity index (χ0n) is 14.4. The lowest BCUT2D eigenvalue weighted by Gasteiger charge is -2.15. The number of amides is 1. The summed E-state index contributed by atoms with van der Waals surface area (Å²) in [7, 11) is 0.